The molecule has 0 spiro atoms. The second-order valence-electron chi connectivity index (χ2n) is 7.64. The van der Waals surface area contributed by atoms with E-state index < -0.39 is 20.7 Å². The third-order valence-electron chi connectivity index (χ3n) is 5.73. The zero-order valence-electron chi connectivity index (χ0n) is 17.0. The minimum Gasteiger partial charge on any atom is -0.361 e. The van der Waals surface area contributed by atoms with Crippen molar-refractivity contribution < 1.29 is 17.6 Å². The molecule has 4 rings (SSSR count). The molecule has 0 aliphatic carbocycles. The highest BCUT2D eigenvalue weighted by molar-refractivity contribution is 7.89. The number of hydrogen-bond donors (Lipinski definition) is 2. The summed E-state index contributed by atoms with van der Waals surface area (Å²) in [7, 11) is -4.07. The molecule has 2 aromatic carbocycles. The lowest BCUT2D eigenvalue weighted by Gasteiger charge is -2.32. The maximum Gasteiger partial charge on any atom is 0.253 e. The van der Waals surface area contributed by atoms with Crippen LogP contribution in [-0.2, 0) is 10.0 Å². The summed E-state index contributed by atoms with van der Waals surface area (Å²) in [6.45, 7) is 4.52. The fraction of sp³-hybridized carbons (Fsp3) is 0.261. The van der Waals surface area contributed by atoms with Gasteiger partial charge in [0.25, 0.3) is 5.91 Å². The van der Waals surface area contributed by atoms with Crippen molar-refractivity contribution in [2.75, 3.05) is 19.6 Å². The van der Waals surface area contributed by atoms with Crippen LogP contribution in [0.5, 0.6) is 0 Å². The Hall–Kier alpha value is -2.97. The van der Waals surface area contributed by atoms with E-state index in [4.69, 9.17) is 0 Å². The van der Waals surface area contributed by atoms with Crippen molar-refractivity contribution in [3.8, 4) is 0 Å². The van der Waals surface area contributed by atoms with E-state index in [0.717, 1.165) is 30.5 Å². The van der Waals surface area contributed by atoms with Gasteiger partial charge in [-0.2, -0.15) is 0 Å². The highest BCUT2D eigenvalue weighted by atomic mass is 32.2. The molecule has 0 bridgehead atoms. The van der Waals surface area contributed by atoms with Gasteiger partial charge < -0.3 is 9.88 Å². The number of nitrogens with zero attached hydrogens (tertiary/aromatic N) is 1. The number of H-pyrrole nitrogens is 1. The number of para-hydroxylation sites is 1. The first-order valence-corrected chi connectivity index (χ1v) is 11.6. The number of rotatable bonds is 6. The zero-order valence-corrected chi connectivity index (χ0v) is 17.8. The molecule has 0 radical (unpaired) electrons. The number of nitrogens with one attached hydrogen (secondary N) is 2. The second kappa shape index (κ2) is 8.64. The largest absolute Gasteiger partial charge is 0.361 e. The summed E-state index contributed by atoms with van der Waals surface area (Å²) >= 11 is 0. The van der Waals surface area contributed by atoms with Crippen molar-refractivity contribution in [1.82, 2.24) is 14.6 Å². The number of benzene rings is 2. The Labute approximate surface area is 180 Å². The molecule has 0 unspecified atom stereocenters. The lowest BCUT2D eigenvalue weighted by Crippen LogP contribution is -2.38. The number of fused-ring (bicyclic) bond motifs is 1. The van der Waals surface area contributed by atoms with Gasteiger partial charge in [-0.1, -0.05) is 24.3 Å². The molecule has 1 aliphatic rings. The van der Waals surface area contributed by atoms with Crippen molar-refractivity contribution in [2.24, 2.45) is 0 Å². The molecule has 1 aliphatic heterocycles. The van der Waals surface area contributed by atoms with Crippen molar-refractivity contribution in [2.45, 2.75) is 23.7 Å². The Bertz CT molecular complexity index is 1230. The summed E-state index contributed by atoms with van der Waals surface area (Å²) in [5, 5.41) is 1.20. The number of amides is 1. The zero-order chi connectivity index (χ0) is 22.0. The Morgan fingerprint density at radius 2 is 1.97 bits per heavy atom. The van der Waals surface area contributed by atoms with Crippen LogP contribution in [0.1, 0.15) is 34.7 Å². The van der Waals surface area contributed by atoms with Crippen LogP contribution in [0.25, 0.3) is 10.9 Å². The van der Waals surface area contributed by atoms with Gasteiger partial charge in [0.2, 0.25) is 10.0 Å². The van der Waals surface area contributed by atoms with Crippen LogP contribution >= 0.6 is 0 Å². The highest BCUT2D eigenvalue weighted by Crippen LogP contribution is 2.33. The molecule has 1 saturated heterocycles. The smallest absolute Gasteiger partial charge is 0.253 e. The third-order valence-corrected chi connectivity index (χ3v) is 7.17. The van der Waals surface area contributed by atoms with Crippen LogP contribution in [0.3, 0.4) is 0 Å². The topological polar surface area (TPSA) is 82.3 Å². The van der Waals surface area contributed by atoms with Crippen molar-refractivity contribution in [1.29, 1.82) is 0 Å². The van der Waals surface area contributed by atoms with Gasteiger partial charge in [0.15, 0.2) is 0 Å². The average molecular weight is 442 g/mol. The second-order valence-corrected chi connectivity index (χ2v) is 9.38. The first-order chi connectivity index (χ1) is 14.9. The summed E-state index contributed by atoms with van der Waals surface area (Å²) in [6.07, 6.45) is 5.02. The molecule has 0 atom stereocenters. The number of hydrogen-bond acceptors (Lipinski definition) is 3. The van der Waals surface area contributed by atoms with Crippen molar-refractivity contribution >= 4 is 26.8 Å². The van der Waals surface area contributed by atoms with E-state index in [1.165, 1.54) is 23.1 Å². The van der Waals surface area contributed by atoms with Crippen molar-refractivity contribution in [3.63, 3.8) is 0 Å². The number of likely N-dealkylation sites (tertiary alicyclic amines) is 1. The Kier molecular flexibility index (Phi) is 5.93. The maximum absolute atomic E-state index is 14.2. The van der Waals surface area contributed by atoms with Crippen LogP contribution in [0.15, 0.2) is 66.2 Å². The van der Waals surface area contributed by atoms with Crippen LogP contribution in [0, 0.1) is 5.82 Å². The molecule has 1 fully saturated rings. The van der Waals surface area contributed by atoms with E-state index in [1.54, 1.807) is 4.90 Å². The molecule has 2 heterocycles. The Morgan fingerprint density at radius 1 is 1.23 bits per heavy atom. The number of aromatic amines is 1. The Morgan fingerprint density at radius 3 is 2.71 bits per heavy atom. The molecule has 162 valence electrons. The van der Waals surface area contributed by atoms with Gasteiger partial charge in [0.05, 0.1) is 0 Å². The number of halogens is 1. The molecule has 0 saturated carbocycles. The molecule has 3 aromatic rings. The first-order valence-electron chi connectivity index (χ1n) is 10.2. The molecule has 1 amide bonds. The van der Waals surface area contributed by atoms with Gasteiger partial charge in [-0.15, -0.1) is 6.58 Å². The van der Waals surface area contributed by atoms with E-state index in [-0.39, 0.29) is 18.0 Å². The van der Waals surface area contributed by atoms with E-state index in [0.29, 0.717) is 19.0 Å². The minimum atomic E-state index is -4.07. The average Bonchev–Trinajstić information content (AvgIpc) is 3.22. The lowest BCUT2D eigenvalue weighted by molar-refractivity contribution is 0.0713. The summed E-state index contributed by atoms with van der Waals surface area (Å²) in [5.41, 5.74) is 2.51. The molecule has 1 aromatic heterocycles. The van der Waals surface area contributed by atoms with Gasteiger partial charge in [-0.3, -0.25) is 4.79 Å². The standard InChI is InChI=1S/C23H24FN3O3S/c1-2-11-26-31(29,30)22-14-17(7-8-20(22)24)23(28)27-12-9-16(10-13-27)19-15-25-21-6-4-3-5-18(19)21/h2-8,14-16,25-26H,1,9-13H2. The fourth-order valence-corrected chi connectivity index (χ4v) is 5.20. The molecule has 8 heteroatoms. The van der Waals surface area contributed by atoms with E-state index >= 15 is 0 Å². The van der Waals surface area contributed by atoms with Gasteiger partial charge >= 0.3 is 0 Å². The van der Waals surface area contributed by atoms with Gasteiger partial charge in [-0.25, -0.2) is 17.5 Å². The van der Waals surface area contributed by atoms with Gasteiger partial charge in [0, 0.05) is 42.3 Å². The molecule has 6 nitrogen and oxygen atoms in total. The van der Waals surface area contributed by atoms with E-state index in [2.05, 4.69) is 22.4 Å². The normalized spacial score (nSPS) is 15.3. The number of aromatic nitrogens is 1. The lowest BCUT2D eigenvalue weighted by atomic mass is 9.89. The quantitative estimate of drug-likeness (QED) is 0.571. The van der Waals surface area contributed by atoms with Gasteiger partial charge in [0.1, 0.15) is 10.7 Å². The number of carbonyl (C=O) groups excluding carboxylic acids is 1. The van der Waals surface area contributed by atoms with Crippen LogP contribution in [0.2, 0.25) is 0 Å². The summed E-state index contributed by atoms with van der Waals surface area (Å²) in [5.74, 6) is -0.851. The Balaban J connectivity index is 1.49. The highest BCUT2D eigenvalue weighted by Gasteiger charge is 2.27. The number of carbonyl (C=O) groups is 1. The van der Waals surface area contributed by atoms with Crippen LogP contribution in [0.4, 0.5) is 4.39 Å². The van der Waals surface area contributed by atoms with Gasteiger partial charge in [-0.05, 0) is 48.6 Å². The monoisotopic (exact) mass is 441 g/mol. The van der Waals surface area contributed by atoms with Crippen molar-refractivity contribution in [3.05, 3.63) is 78.3 Å². The predicted octanol–water partition coefficient (Wildman–Crippen LogP) is 3.79. The van der Waals surface area contributed by atoms with E-state index in [9.17, 15) is 17.6 Å². The number of sulfonamides is 1. The molecular formula is C23H24FN3O3S. The van der Waals surface area contributed by atoms with E-state index in [1.807, 2.05) is 24.4 Å². The molecular weight excluding hydrogens is 417 g/mol. The molecule has 31 heavy (non-hydrogen) atoms. The summed E-state index contributed by atoms with van der Waals surface area (Å²) < 4.78 is 41.0. The summed E-state index contributed by atoms with van der Waals surface area (Å²) in [4.78, 5) is 17.4. The maximum atomic E-state index is 14.2. The fourth-order valence-electron chi connectivity index (χ4n) is 4.10. The molecule has 2 N–H and O–H groups in total. The van der Waals surface area contributed by atoms with Crippen LogP contribution < -0.4 is 4.72 Å². The third kappa shape index (κ3) is 4.26. The van der Waals surface area contributed by atoms with Crippen LogP contribution in [-0.4, -0.2) is 43.8 Å². The number of piperidine rings is 1. The minimum absolute atomic E-state index is 0.0265. The predicted molar refractivity (Wildman–Crippen MR) is 118 cm³/mol. The first kappa shape index (κ1) is 21.3. The summed E-state index contributed by atoms with van der Waals surface area (Å²) in [6, 6.07) is 11.6. The SMILES string of the molecule is C=CCNS(=O)(=O)c1cc(C(=O)N2CCC(c3c[nH]c4ccccc34)CC2)ccc1F.